The zero-order chi connectivity index (χ0) is 24.6. The number of rotatable bonds is 5. The van der Waals surface area contributed by atoms with Crippen LogP contribution < -0.4 is 9.64 Å². The van der Waals surface area contributed by atoms with Gasteiger partial charge in [0.05, 0.1) is 17.1 Å². The molecule has 4 rings (SSSR count). The molecule has 0 aliphatic carbocycles. The van der Waals surface area contributed by atoms with Crippen molar-refractivity contribution in [2.75, 3.05) is 4.90 Å². The predicted octanol–water partition coefficient (Wildman–Crippen LogP) is 7.61. The minimum Gasteiger partial charge on any atom is -0.508 e. The molecule has 0 atom stereocenters. The molecule has 34 heavy (non-hydrogen) atoms. The van der Waals surface area contributed by atoms with Gasteiger partial charge in [0.2, 0.25) is 0 Å². The largest absolute Gasteiger partial charge is 0.508 e. The van der Waals surface area contributed by atoms with Crippen molar-refractivity contribution in [2.24, 2.45) is 0 Å². The Morgan fingerprint density at radius 2 is 1.15 bits per heavy atom. The number of phenols is 3. The van der Waals surface area contributed by atoms with Crippen LogP contribution in [0.15, 0.2) is 66.7 Å². The number of nitrogens with zero attached hydrogens (tertiary/aromatic N) is 1. The normalized spacial score (nSPS) is 10.9. The molecule has 5 heteroatoms. The first kappa shape index (κ1) is 23.1. The molecule has 4 aromatic carbocycles. The fourth-order valence-corrected chi connectivity index (χ4v) is 4.02. The first-order valence-electron chi connectivity index (χ1n) is 11.1. The van der Waals surface area contributed by atoms with Gasteiger partial charge >= 0.3 is 0 Å². The highest BCUT2D eigenvalue weighted by Gasteiger charge is 2.25. The molecule has 0 saturated heterocycles. The fraction of sp³-hybridized carbons (Fsp3) is 0.172. The van der Waals surface area contributed by atoms with Crippen molar-refractivity contribution in [1.29, 1.82) is 0 Å². The lowest BCUT2D eigenvalue weighted by Crippen LogP contribution is -2.14. The van der Waals surface area contributed by atoms with Gasteiger partial charge in [-0.1, -0.05) is 36.4 Å². The van der Waals surface area contributed by atoms with Crippen molar-refractivity contribution in [1.82, 2.24) is 0 Å². The van der Waals surface area contributed by atoms with Gasteiger partial charge in [-0.2, -0.15) is 0 Å². The molecule has 0 aliphatic heterocycles. The second kappa shape index (κ2) is 9.02. The third-order valence-electron chi connectivity index (χ3n) is 6.12. The maximum absolute atomic E-state index is 11.1. The molecule has 0 aromatic heterocycles. The average molecular weight is 456 g/mol. The van der Waals surface area contributed by atoms with Gasteiger partial charge in [0.25, 0.3) is 0 Å². The Morgan fingerprint density at radius 1 is 0.618 bits per heavy atom. The van der Waals surface area contributed by atoms with Gasteiger partial charge in [-0.3, -0.25) is 0 Å². The van der Waals surface area contributed by atoms with Crippen LogP contribution in [-0.4, -0.2) is 15.3 Å². The Morgan fingerprint density at radius 3 is 1.74 bits per heavy atom. The van der Waals surface area contributed by atoms with Crippen LogP contribution >= 0.6 is 0 Å². The number of aromatic hydroxyl groups is 3. The summed E-state index contributed by atoms with van der Waals surface area (Å²) >= 11 is 0. The highest BCUT2D eigenvalue weighted by Crippen LogP contribution is 2.49. The molecule has 0 heterocycles. The van der Waals surface area contributed by atoms with Gasteiger partial charge in [-0.15, -0.1) is 0 Å². The van der Waals surface area contributed by atoms with Crippen LogP contribution in [0.25, 0.3) is 0 Å². The quantitative estimate of drug-likeness (QED) is 0.289. The second-order valence-corrected chi connectivity index (χ2v) is 8.63. The van der Waals surface area contributed by atoms with E-state index in [0.717, 1.165) is 22.3 Å². The molecule has 0 spiro atoms. The summed E-state index contributed by atoms with van der Waals surface area (Å²) in [4.78, 5) is 1.87. The second-order valence-electron chi connectivity index (χ2n) is 8.63. The Labute approximate surface area is 200 Å². The molecule has 0 aliphatic rings. The Kier molecular flexibility index (Phi) is 6.12. The van der Waals surface area contributed by atoms with Crippen LogP contribution in [0.3, 0.4) is 0 Å². The van der Waals surface area contributed by atoms with Crippen molar-refractivity contribution < 1.29 is 20.1 Å². The molecular formula is C29H29NO4. The molecule has 3 N–H and O–H groups in total. The summed E-state index contributed by atoms with van der Waals surface area (Å²) in [5.41, 5.74) is 5.73. The SMILES string of the molecule is Cc1ccc(C)c(N(c2cccc(Oc3cccc(O)c3C)c2)c2c(C)ccc(C)c2O)c1O. The maximum Gasteiger partial charge on any atom is 0.142 e. The van der Waals surface area contributed by atoms with E-state index < -0.39 is 0 Å². The van der Waals surface area contributed by atoms with Gasteiger partial charge in [-0.25, -0.2) is 0 Å². The van der Waals surface area contributed by atoms with Crippen LogP contribution in [0, 0.1) is 34.6 Å². The van der Waals surface area contributed by atoms with Gasteiger partial charge in [0.15, 0.2) is 0 Å². The van der Waals surface area contributed by atoms with Crippen molar-refractivity contribution in [3.05, 3.63) is 94.5 Å². The van der Waals surface area contributed by atoms with Crippen LogP contribution in [0.2, 0.25) is 0 Å². The van der Waals surface area contributed by atoms with E-state index in [1.165, 1.54) is 0 Å². The molecule has 4 aromatic rings. The van der Waals surface area contributed by atoms with Gasteiger partial charge in [0, 0.05) is 11.6 Å². The minimum absolute atomic E-state index is 0.149. The van der Waals surface area contributed by atoms with Crippen molar-refractivity contribution >= 4 is 17.1 Å². The van der Waals surface area contributed by atoms with Crippen LogP contribution in [0.4, 0.5) is 17.1 Å². The van der Waals surface area contributed by atoms with Gasteiger partial charge < -0.3 is 25.0 Å². The van der Waals surface area contributed by atoms with Crippen molar-refractivity contribution in [3.63, 3.8) is 0 Å². The minimum atomic E-state index is 0.149. The van der Waals surface area contributed by atoms with E-state index >= 15 is 0 Å². The summed E-state index contributed by atoms with van der Waals surface area (Å²) in [5, 5.41) is 32.3. The van der Waals surface area contributed by atoms with E-state index in [9.17, 15) is 15.3 Å². The maximum atomic E-state index is 11.1. The fourth-order valence-electron chi connectivity index (χ4n) is 4.02. The third kappa shape index (κ3) is 4.13. The van der Waals surface area contributed by atoms with Gasteiger partial charge in [-0.05, 0) is 81.1 Å². The van der Waals surface area contributed by atoms with E-state index in [1.807, 2.05) is 81.1 Å². The number of anilines is 3. The molecule has 0 fully saturated rings. The number of hydrogen-bond acceptors (Lipinski definition) is 5. The predicted molar refractivity (Wildman–Crippen MR) is 136 cm³/mol. The molecular weight excluding hydrogens is 426 g/mol. The number of ether oxygens (including phenoxy) is 1. The third-order valence-corrected chi connectivity index (χ3v) is 6.12. The summed E-state index contributed by atoms with van der Waals surface area (Å²) in [6.07, 6.45) is 0. The summed E-state index contributed by atoms with van der Waals surface area (Å²) in [6.45, 7) is 9.36. The lowest BCUT2D eigenvalue weighted by Gasteiger charge is -2.30. The highest BCUT2D eigenvalue weighted by atomic mass is 16.5. The van der Waals surface area contributed by atoms with Crippen molar-refractivity contribution in [2.45, 2.75) is 34.6 Å². The van der Waals surface area contributed by atoms with E-state index in [1.54, 1.807) is 25.1 Å². The van der Waals surface area contributed by atoms with Crippen LogP contribution in [0.5, 0.6) is 28.7 Å². The highest BCUT2D eigenvalue weighted by molar-refractivity contribution is 5.87. The van der Waals surface area contributed by atoms with E-state index in [0.29, 0.717) is 34.1 Å². The molecule has 5 nitrogen and oxygen atoms in total. The lowest BCUT2D eigenvalue weighted by atomic mass is 10.0. The van der Waals surface area contributed by atoms with E-state index in [-0.39, 0.29) is 17.2 Å². The van der Waals surface area contributed by atoms with E-state index in [2.05, 4.69) is 0 Å². The van der Waals surface area contributed by atoms with Crippen LogP contribution in [-0.2, 0) is 0 Å². The molecule has 0 radical (unpaired) electrons. The molecule has 174 valence electrons. The zero-order valence-corrected chi connectivity index (χ0v) is 20.0. The Bertz CT molecular complexity index is 1320. The van der Waals surface area contributed by atoms with Crippen LogP contribution in [0.1, 0.15) is 27.8 Å². The summed E-state index contributed by atoms with van der Waals surface area (Å²) < 4.78 is 6.11. The van der Waals surface area contributed by atoms with Gasteiger partial charge in [0.1, 0.15) is 28.7 Å². The monoisotopic (exact) mass is 455 g/mol. The summed E-state index contributed by atoms with van der Waals surface area (Å²) in [6, 6.07) is 20.3. The molecule has 0 amide bonds. The number of benzene rings is 4. The zero-order valence-electron chi connectivity index (χ0n) is 20.0. The van der Waals surface area contributed by atoms with E-state index in [4.69, 9.17) is 4.74 Å². The topological polar surface area (TPSA) is 73.2 Å². The number of hydrogen-bond donors (Lipinski definition) is 3. The summed E-state index contributed by atoms with van der Waals surface area (Å²) in [7, 11) is 0. The summed E-state index contributed by atoms with van der Waals surface area (Å²) in [5.74, 6) is 1.57. The number of phenolic OH excluding ortho intramolecular Hbond substituents is 3. The first-order chi connectivity index (χ1) is 16.2. The molecule has 0 bridgehead atoms. The Balaban J connectivity index is 1.93. The molecule has 0 unspecified atom stereocenters. The molecule has 0 saturated carbocycles. The Hall–Kier alpha value is -4.12. The van der Waals surface area contributed by atoms with Crippen molar-refractivity contribution in [3.8, 4) is 28.7 Å². The number of aryl methyl sites for hydroxylation is 4. The average Bonchev–Trinajstić information content (AvgIpc) is 2.81. The standard InChI is InChI=1S/C29H29NO4/c1-17-12-14-19(3)28(32)26(17)30(27-18(2)13-15-20(4)29(27)33)22-8-6-9-23(16-22)34-25-11-7-10-24(31)21(25)5/h6-16,31-33H,1-5H3. The smallest absolute Gasteiger partial charge is 0.142 e. The lowest BCUT2D eigenvalue weighted by molar-refractivity contribution is 0.448. The first-order valence-corrected chi connectivity index (χ1v) is 11.1.